The molecule has 0 aromatic rings. The molecule has 0 heterocycles. The van der Waals surface area contributed by atoms with Gasteiger partial charge in [0, 0.05) is 0 Å². The van der Waals surface area contributed by atoms with Crippen LogP contribution in [0.25, 0.3) is 0 Å². The highest BCUT2D eigenvalue weighted by atomic mass is 14.8. The molecule has 4 aliphatic rings. The highest BCUT2D eigenvalue weighted by Gasteiger charge is 2.76. The second-order valence-electron chi connectivity index (χ2n) is 10.4. The van der Waals surface area contributed by atoms with Gasteiger partial charge < -0.3 is 0 Å². The van der Waals surface area contributed by atoms with Crippen molar-refractivity contribution in [3.8, 4) is 0 Å². The molecule has 4 rings (SSSR count). The molecule has 20 heavy (non-hydrogen) atoms. The first-order chi connectivity index (χ1) is 9.20. The zero-order valence-electron chi connectivity index (χ0n) is 14.6. The van der Waals surface area contributed by atoms with Crippen LogP contribution in [0, 0.1) is 45.3 Å². The van der Waals surface area contributed by atoms with E-state index >= 15 is 0 Å². The molecule has 114 valence electrons. The summed E-state index contributed by atoms with van der Waals surface area (Å²) in [4.78, 5) is 0. The monoisotopic (exact) mass is 274 g/mol. The number of hydrogen-bond acceptors (Lipinski definition) is 0. The van der Waals surface area contributed by atoms with Crippen molar-refractivity contribution in [3.05, 3.63) is 0 Å². The Balaban J connectivity index is 1.82. The predicted molar refractivity (Wildman–Crippen MR) is 85.4 cm³/mol. The smallest absolute Gasteiger partial charge is 0.0258 e. The van der Waals surface area contributed by atoms with Gasteiger partial charge in [-0.2, -0.15) is 0 Å². The highest BCUT2D eigenvalue weighted by molar-refractivity contribution is 5.25. The van der Waals surface area contributed by atoms with Crippen LogP contribution in [0.15, 0.2) is 0 Å². The highest BCUT2D eigenvalue weighted by Crippen LogP contribution is 2.83. The minimum atomic E-state index is 0.555. The van der Waals surface area contributed by atoms with Crippen LogP contribution in [-0.4, -0.2) is 0 Å². The normalized spacial score (nSPS) is 57.3. The van der Waals surface area contributed by atoms with Crippen LogP contribution in [0.1, 0.15) is 80.1 Å². The molecule has 0 spiro atoms. The van der Waals surface area contributed by atoms with E-state index in [4.69, 9.17) is 0 Å². The molecule has 6 unspecified atom stereocenters. The van der Waals surface area contributed by atoms with Gasteiger partial charge in [0.05, 0.1) is 0 Å². The summed E-state index contributed by atoms with van der Waals surface area (Å²) in [5.74, 6) is 4.17. The summed E-state index contributed by atoms with van der Waals surface area (Å²) in [6.07, 6.45) is 9.13. The first-order valence-corrected chi connectivity index (χ1v) is 9.20. The van der Waals surface area contributed by atoms with E-state index in [2.05, 4.69) is 41.5 Å². The lowest BCUT2D eigenvalue weighted by molar-refractivity contribution is -0.0878. The van der Waals surface area contributed by atoms with E-state index in [-0.39, 0.29) is 0 Å². The Bertz CT molecular complexity index is 441. The first kappa shape index (κ1) is 13.6. The van der Waals surface area contributed by atoms with Gasteiger partial charge in [-0.15, -0.1) is 0 Å². The largest absolute Gasteiger partial charge is 0.0654 e. The van der Waals surface area contributed by atoms with Crippen molar-refractivity contribution in [3.63, 3.8) is 0 Å². The average Bonchev–Trinajstić information content (AvgIpc) is 2.98. The van der Waals surface area contributed by atoms with Gasteiger partial charge in [0.25, 0.3) is 0 Å². The van der Waals surface area contributed by atoms with Gasteiger partial charge in [-0.1, -0.05) is 48.0 Å². The van der Waals surface area contributed by atoms with E-state index in [1.54, 1.807) is 19.3 Å². The maximum Gasteiger partial charge on any atom is -0.0258 e. The summed E-state index contributed by atoms with van der Waals surface area (Å²) in [7, 11) is 0. The summed E-state index contributed by atoms with van der Waals surface area (Å²) < 4.78 is 0. The fourth-order valence-corrected chi connectivity index (χ4v) is 8.20. The fourth-order valence-electron chi connectivity index (χ4n) is 8.20. The maximum absolute atomic E-state index is 2.67. The molecule has 0 aliphatic heterocycles. The predicted octanol–water partition coefficient (Wildman–Crippen LogP) is 5.91. The Labute approximate surface area is 126 Å². The molecule has 0 aromatic carbocycles. The molecule has 0 heteroatoms. The third kappa shape index (κ3) is 1.19. The van der Waals surface area contributed by atoms with Crippen molar-refractivity contribution in [2.24, 2.45) is 45.3 Å². The van der Waals surface area contributed by atoms with E-state index in [1.807, 2.05) is 0 Å². The molecule has 6 atom stereocenters. The van der Waals surface area contributed by atoms with Crippen LogP contribution in [0.3, 0.4) is 0 Å². The first-order valence-electron chi connectivity index (χ1n) is 9.20. The van der Waals surface area contributed by atoms with Crippen LogP contribution in [0.5, 0.6) is 0 Å². The maximum atomic E-state index is 2.67. The molecular weight excluding hydrogens is 240 g/mol. The Kier molecular flexibility index (Phi) is 2.38. The Hall–Kier alpha value is 0. The second-order valence-corrected chi connectivity index (χ2v) is 10.4. The van der Waals surface area contributed by atoms with Gasteiger partial charge in [-0.3, -0.25) is 0 Å². The van der Waals surface area contributed by atoms with E-state index in [0.29, 0.717) is 16.2 Å². The summed E-state index contributed by atoms with van der Waals surface area (Å²) in [5.41, 5.74) is 2.56. The zero-order valence-corrected chi connectivity index (χ0v) is 14.6. The minimum absolute atomic E-state index is 0.555. The Morgan fingerprint density at radius 1 is 0.850 bits per heavy atom. The molecule has 4 bridgehead atoms. The summed E-state index contributed by atoms with van der Waals surface area (Å²) in [6.45, 7) is 15.5. The van der Waals surface area contributed by atoms with Gasteiger partial charge in [0.15, 0.2) is 0 Å². The topological polar surface area (TPSA) is 0 Å². The minimum Gasteiger partial charge on any atom is -0.0654 e. The molecule has 4 aliphatic carbocycles. The SMILES string of the molecule is CCCC12CCC(C)(C1)C1C2C2CC1C(C)(C)C2(C)C. The molecule has 0 amide bonds. The van der Waals surface area contributed by atoms with E-state index in [9.17, 15) is 0 Å². The third-order valence-corrected chi connectivity index (χ3v) is 9.49. The average molecular weight is 274 g/mol. The number of rotatable bonds is 2. The summed E-state index contributed by atoms with van der Waals surface area (Å²) in [5, 5.41) is 0. The number of hydrogen-bond donors (Lipinski definition) is 0. The van der Waals surface area contributed by atoms with Gasteiger partial charge in [-0.05, 0) is 77.4 Å². The Morgan fingerprint density at radius 2 is 1.45 bits per heavy atom. The van der Waals surface area contributed by atoms with E-state index in [0.717, 1.165) is 29.1 Å². The fraction of sp³-hybridized carbons (Fsp3) is 1.00. The van der Waals surface area contributed by atoms with Crippen LogP contribution < -0.4 is 0 Å². The molecule has 0 aromatic heterocycles. The molecule has 0 N–H and O–H groups in total. The van der Waals surface area contributed by atoms with Gasteiger partial charge in [0.1, 0.15) is 0 Å². The van der Waals surface area contributed by atoms with E-state index in [1.165, 1.54) is 19.3 Å². The second kappa shape index (κ2) is 3.49. The lowest BCUT2D eigenvalue weighted by Gasteiger charge is -2.57. The molecule has 0 saturated heterocycles. The van der Waals surface area contributed by atoms with Crippen LogP contribution in [-0.2, 0) is 0 Å². The van der Waals surface area contributed by atoms with Crippen molar-refractivity contribution in [2.45, 2.75) is 80.1 Å². The summed E-state index contributed by atoms with van der Waals surface area (Å²) >= 11 is 0. The standard InChI is InChI=1S/C20H34/c1-7-8-20-10-9-19(6,12-20)15-13-11-14(16(15)20)18(4,5)17(13,2)3/h13-16H,7-12H2,1-6H3. The van der Waals surface area contributed by atoms with Crippen LogP contribution in [0.4, 0.5) is 0 Å². The quantitative estimate of drug-likeness (QED) is 0.549. The third-order valence-electron chi connectivity index (χ3n) is 9.49. The van der Waals surface area contributed by atoms with Crippen molar-refractivity contribution in [2.75, 3.05) is 0 Å². The number of fused-ring (bicyclic) bond motifs is 9. The molecule has 0 radical (unpaired) electrons. The molecule has 4 saturated carbocycles. The lowest BCUT2D eigenvalue weighted by Crippen LogP contribution is -2.51. The molecule has 0 nitrogen and oxygen atoms in total. The summed E-state index contributed by atoms with van der Waals surface area (Å²) in [6, 6.07) is 0. The van der Waals surface area contributed by atoms with E-state index < -0.39 is 0 Å². The van der Waals surface area contributed by atoms with Crippen LogP contribution >= 0.6 is 0 Å². The van der Waals surface area contributed by atoms with Crippen LogP contribution in [0.2, 0.25) is 0 Å². The Morgan fingerprint density at radius 3 is 2.05 bits per heavy atom. The van der Waals surface area contributed by atoms with Gasteiger partial charge in [0.2, 0.25) is 0 Å². The van der Waals surface area contributed by atoms with Crippen molar-refractivity contribution >= 4 is 0 Å². The lowest BCUT2D eigenvalue weighted by atomic mass is 9.48. The zero-order chi connectivity index (χ0) is 14.6. The van der Waals surface area contributed by atoms with Crippen molar-refractivity contribution < 1.29 is 0 Å². The van der Waals surface area contributed by atoms with Gasteiger partial charge in [-0.25, -0.2) is 0 Å². The molecular formula is C20H34. The molecule has 4 fully saturated rings. The van der Waals surface area contributed by atoms with Gasteiger partial charge >= 0.3 is 0 Å². The van der Waals surface area contributed by atoms with Crippen molar-refractivity contribution in [1.82, 2.24) is 0 Å². The van der Waals surface area contributed by atoms with Crippen molar-refractivity contribution in [1.29, 1.82) is 0 Å².